The Morgan fingerprint density at radius 3 is 2.68 bits per heavy atom. The first-order chi connectivity index (χ1) is 14.9. The summed E-state index contributed by atoms with van der Waals surface area (Å²) in [5.74, 6) is 0.0109. The average molecular weight is 421 g/mol. The maximum atomic E-state index is 12.9. The van der Waals surface area contributed by atoms with E-state index in [1.165, 1.54) is 19.3 Å². The minimum absolute atomic E-state index is 0.0109. The third-order valence-corrected chi connectivity index (χ3v) is 5.63. The molecule has 0 bridgehead atoms. The first kappa shape index (κ1) is 20.5. The van der Waals surface area contributed by atoms with E-state index in [1.807, 2.05) is 0 Å². The van der Waals surface area contributed by atoms with E-state index in [-0.39, 0.29) is 17.3 Å². The number of pyridine rings is 2. The van der Waals surface area contributed by atoms with Crippen LogP contribution in [0.15, 0.2) is 39.1 Å². The van der Waals surface area contributed by atoms with Gasteiger partial charge in [-0.15, -0.1) is 0 Å². The second-order valence-corrected chi connectivity index (χ2v) is 7.46. The molecule has 1 fully saturated rings. The van der Waals surface area contributed by atoms with E-state index in [2.05, 4.69) is 15.0 Å². The van der Waals surface area contributed by atoms with E-state index >= 15 is 0 Å². The highest BCUT2D eigenvalue weighted by molar-refractivity contribution is 6.10. The third kappa shape index (κ3) is 3.60. The highest BCUT2D eigenvalue weighted by atomic mass is 16.2. The lowest BCUT2D eigenvalue weighted by atomic mass is 10.0. The van der Waals surface area contributed by atoms with Crippen molar-refractivity contribution in [2.75, 3.05) is 20.1 Å². The number of nitrogens with one attached hydrogen (secondary N) is 1. The highest BCUT2D eigenvalue weighted by Crippen LogP contribution is 2.27. The van der Waals surface area contributed by atoms with E-state index in [0.29, 0.717) is 53.7 Å². The molecule has 10 nitrogen and oxygen atoms in total. The summed E-state index contributed by atoms with van der Waals surface area (Å²) in [4.78, 5) is 54.4. The zero-order chi connectivity index (χ0) is 22.1. The molecule has 31 heavy (non-hydrogen) atoms. The lowest BCUT2D eigenvalue weighted by Gasteiger charge is -2.32. The Morgan fingerprint density at radius 2 is 2.03 bits per heavy atom. The van der Waals surface area contributed by atoms with Crippen molar-refractivity contribution in [2.45, 2.75) is 25.8 Å². The Hall–Kier alpha value is -3.82. The fourth-order valence-corrected chi connectivity index (χ4v) is 4.07. The molecule has 0 saturated carbocycles. The first-order valence-electron chi connectivity index (χ1n) is 9.98. The molecule has 4 heterocycles. The lowest BCUT2D eigenvalue weighted by Crippen LogP contribution is -2.41. The van der Waals surface area contributed by atoms with E-state index < -0.39 is 11.2 Å². The number of allylic oxidation sites excluding steroid dienone is 1. The van der Waals surface area contributed by atoms with Gasteiger partial charge in [0.05, 0.1) is 22.1 Å². The van der Waals surface area contributed by atoms with E-state index in [0.717, 1.165) is 0 Å². The van der Waals surface area contributed by atoms with Gasteiger partial charge in [-0.2, -0.15) is 0 Å². The van der Waals surface area contributed by atoms with E-state index in [9.17, 15) is 14.4 Å². The van der Waals surface area contributed by atoms with Crippen LogP contribution in [0.5, 0.6) is 0 Å². The molecule has 0 atom stereocenters. The van der Waals surface area contributed by atoms with Crippen LogP contribution < -0.4 is 17.0 Å². The molecule has 3 aromatic heterocycles. The molecule has 1 amide bonds. The van der Waals surface area contributed by atoms with Crippen molar-refractivity contribution in [3.05, 3.63) is 51.1 Å². The van der Waals surface area contributed by atoms with Gasteiger partial charge in [-0.25, -0.2) is 9.78 Å². The van der Waals surface area contributed by atoms with Gasteiger partial charge >= 0.3 is 5.69 Å². The summed E-state index contributed by atoms with van der Waals surface area (Å²) in [5.41, 5.74) is 7.32. The van der Waals surface area contributed by atoms with Gasteiger partial charge in [0, 0.05) is 57.3 Å². The van der Waals surface area contributed by atoms with Crippen LogP contribution in [0.3, 0.4) is 0 Å². The number of carbonyl (C=O) groups excluding carboxylic acids is 1. The van der Waals surface area contributed by atoms with Gasteiger partial charge < -0.3 is 10.6 Å². The molecular weight excluding hydrogens is 398 g/mol. The Balaban J connectivity index is 1.97. The molecule has 1 aliphatic rings. The van der Waals surface area contributed by atoms with E-state index in [1.54, 1.807) is 34.9 Å². The average Bonchev–Trinajstić information content (AvgIpc) is 2.77. The largest absolute Gasteiger partial charge is 0.404 e. The Labute approximate surface area is 177 Å². The molecule has 160 valence electrons. The fourth-order valence-electron chi connectivity index (χ4n) is 4.07. The van der Waals surface area contributed by atoms with Crippen molar-refractivity contribution in [1.29, 1.82) is 0 Å². The van der Waals surface area contributed by atoms with Gasteiger partial charge in [-0.3, -0.25) is 29.1 Å². The minimum Gasteiger partial charge on any atom is -0.404 e. The zero-order valence-corrected chi connectivity index (χ0v) is 17.3. The SMILES string of the molecule is CN=CC(=CN)c1ccc2ncc3c(=O)[nH]c(=O)n(C4CCN(C(C)=O)CC4)c3c2n1. The van der Waals surface area contributed by atoms with Crippen LogP contribution in [-0.2, 0) is 4.79 Å². The molecule has 0 aromatic carbocycles. The lowest BCUT2D eigenvalue weighted by molar-refractivity contribution is -0.130. The van der Waals surface area contributed by atoms with Gasteiger partial charge in [0.2, 0.25) is 5.91 Å². The van der Waals surface area contributed by atoms with Crippen molar-refractivity contribution < 1.29 is 4.79 Å². The minimum atomic E-state index is -0.510. The molecule has 1 aliphatic heterocycles. The first-order valence-corrected chi connectivity index (χ1v) is 9.98. The monoisotopic (exact) mass is 421 g/mol. The summed E-state index contributed by atoms with van der Waals surface area (Å²) < 4.78 is 1.59. The third-order valence-electron chi connectivity index (χ3n) is 5.63. The van der Waals surface area contributed by atoms with Gasteiger partial charge in [-0.1, -0.05) is 0 Å². The van der Waals surface area contributed by atoms with Gasteiger partial charge in [0.15, 0.2) is 0 Å². The van der Waals surface area contributed by atoms with Gasteiger partial charge in [-0.05, 0) is 25.0 Å². The number of amides is 1. The number of H-pyrrole nitrogens is 1. The van der Waals surface area contributed by atoms with Crippen molar-refractivity contribution in [3.8, 4) is 0 Å². The summed E-state index contributed by atoms with van der Waals surface area (Å²) in [7, 11) is 1.63. The number of aromatic amines is 1. The van der Waals surface area contributed by atoms with Gasteiger partial charge in [0.25, 0.3) is 5.56 Å². The number of nitrogens with zero attached hydrogens (tertiary/aromatic N) is 5. The fraction of sp³-hybridized carbons (Fsp3) is 0.333. The molecule has 0 aliphatic carbocycles. The van der Waals surface area contributed by atoms with Crippen molar-refractivity contribution in [2.24, 2.45) is 10.7 Å². The van der Waals surface area contributed by atoms with Crippen LogP contribution in [0.25, 0.3) is 27.5 Å². The summed E-state index contributed by atoms with van der Waals surface area (Å²) in [6.07, 6.45) is 5.65. The smallest absolute Gasteiger partial charge is 0.329 e. The topological polar surface area (TPSA) is 139 Å². The maximum Gasteiger partial charge on any atom is 0.329 e. The molecule has 3 aromatic rings. The quantitative estimate of drug-likeness (QED) is 0.474. The predicted molar refractivity (Wildman–Crippen MR) is 119 cm³/mol. The van der Waals surface area contributed by atoms with Crippen LogP contribution in [-0.4, -0.2) is 56.7 Å². The van der Waals surface area contributed by atoms with Crippen LogP contribution in [0, 0.1) is 0 Å². The van der Waals surface area contributed by atoms with Crippen molar-refractivity contribution in [3.63, 3.8) is 0 Å². The van der Waals surface area contributed by atoms with E-state index in [4.69, 9.17) is 10.7 Å². The maximum absolute atomic E-state index is 12.9. The van der Waals surface area contributed by atoms with Crippen LogP contribution in [0.1, 0.15) is 31.5 Å². The number of fused-ring (bicyclic) bond motifs is 3. The molecule has 3 N–H and O–H groups in total. The number of aromatic nitrogens is 4. The number of rotatable bonds is 3. The zero-order valence-electron chi connectivity index (χ0n) is 17.3. The number of hydrogen-bond donors (Lipinski definition) is 2. The number of nitrogens with two attached hydrogens (primary N) is 1. The molecule has 0 radical (unpaired) electrons. The summed E-state index contributed by atoms with van der Waals surface area (Å²) in [6.45, 7) is 2.62. The van der Waals surface area contributed by atoms with Crippen LogP contribution in [0.2, 0.25) is 0 Å². The summed E-state index contributed by atoms with van der Waals surface area (Å²) in [5, 5.41) is 0.285. The Bertz CT molecular complexity index is 1340. The number of carbonyl (C=O) groups is 1. The standard InChI is InChI=1S/C21H23N7O3/c1-12(29)27-7-5-14(6-8-27)28-19-15(20(30)26-21(28)31)11-24-17-4-3-16(25-18(17)19)13(9-22)10-23-2/h3-4,9-11,14H,5-8,22H2,1-2H3,(H,26,30,31). The normalized spacial score (nSPS) is 15.9. The number of hydrogen-bond acceptors (Lipinski definition) is 7. The Morgan fingerprint density at radius 1 is 1.29 bits per heavy atom. The number of likely N-dealkylation sites (tertiary alicyclic amines) is 1. The number of aliphatic imine (C=N–C) groups is 1. The molecule has 10 heteroatoms. The van der Waals surface area contributed by atoms with Crippen molar-refractivity contribution in [1.82, 2.24) is 24.4 Å². The van der Waals surface area contributed by atoms with Gasteiger partial charge in [0.1, 0.15) is 5.52 Å². The van der Waals surface area contributed by atoms with Crippen molar-refractivity contribution >= 4 is 39.6 Å². The molecule has 4 rings (SSSR count). The molecular formula is C21H23N7O3. The summed E-state index contributed by atoms with van der Waals surface area (Å²) in [6, 6.07) is 3.36. The van der Waals surface area contributed by atoms with Crippen LogP contribution >= 0.6 is 0 Å². The predicted octanol–water partition coefficient (Wildman–Crippen LogP) is 0.817. The number of piperidine rings is 1. The summed E-state index contributed by atoms with van der Waals surface area (Å²) >= 11 is 0. The highest BCUT2D eigenvalue weighted by Gasteiger charge is 2.26. The second kappa shape index (κ2) is 8.13. The van der Waals surface area contributed by atoms with Crippen LogP contribution in [0.4, 0.5) is 0 Å². The Kier molecular flexibility index (Phi) is 5.37. The molecule has 0 spiro atoms. The molecule has 0 unspecified atom stereocenters. The molecule has 1 saturated heterocycles. The second-order valence-electron chi connectivity index (χ2n) is 7.46.